The molecule has 1 heterocycles. The van der Waals surface area contributed by atoms with E-state index in [4.69, 9.17) is 0 Å². The van der Waals surface area contributed by atoms with Crippen molar-refractivity contribution >= 4 is 49.6 Å². The van der Waals surface area contributed by atoms with Crippen molar-refractivity contribution in [2.75, 3.05) is 4.90 Å². The van der Waals surface area contributed by atoms with Gasteiger partial charge in [0.2, 0.25) is 0 Å². The normalized spacial score (nSPS) is 11.3. The molecule has 2 nitrogen and oxygen atoms in total. The Morgan fingerprint density at radius 3 is 1.63 bits per heavy atom. The van der Waals surface area contributed by atoms with Gasteiger partial charge in [-0.15, -0.1) is 0 Å². The van der Waals surface area contributed by atoms with Crippen molar-refractivity contribution in [1.29, 1.82) is 0 Å². The molecule has 9 aromatic carbocycles. The Bertz CT molecular complexity index is 2920. The summed E-state index contributed by atoms with van der Waals surface area (Å²) in [6.07, 6.45) is 0. The average Bonchev–Trinajstić information content (AvgIpc) is 3.59. The maximum atomic E-state index is 2.46. The second kappa shape index (κ2) is 13.4. The summed E-state index contributed by atoms with van der Waals surface area (Å²) >= 11 is 0. The van der Waals surface area contributed by atoms with Gasteiger partial charge in [-0.3, -0.25) is 0 Å². The van der Waals surface area contributed by atoms with E-state index in [-0.39, 0.29) is 0 Å². The van der Waals surface area contributed by atoms with Gasteiger partial charge in [-0.05, 0) is 75.5 Å². The number of rotatable bonds is 7. The molecule has 0 atom stereocenters. The minimum atomic E-state index is 1.09. The summed E-state index contributed by atoms with van der Waals surface area (Å²) < 4.78 is 2.45. The number of fused-ring (bicyclic) bond motifs is 4. The van der Waals surface area contributed by atoms with Crippen LogP contribution >= 0.6 is 0 Å². The van der Waals surface area contributed by atoms with E-state index in [1.807, 2.05) is 0 Å². The van der Waals surface area contributed by atoms with Crippen LogP contribution in [0.3, 0.4) is 0 Å². The van der Waals surface area contributed by atoms with E-state index >= 15 is 0 Å². The molecule has 0 aliphatic heterocycles. The maximum absolute atomic E-state index is 2.46. The minimum absolute atomic E-state index is 1.09. The second-order valence-corrected chi connectivity index (χ2v) is 13.7. The summed E-state index contributed by atoms with van der Waals surface area (Å²) in [6.45, 7) is 0. The Kier molecular flexibility index (Phi) is 7.85. The molecule has 0 saturated heterocycles. The van der Waals surface area contributed by atoms with Gasteiger partial charge in [-0.1, -0.05) is 176 Å². The average molecular weight is 689 g/mol. The van der Waals surface area contributed by atoms with Gasteiger partial charge in [0.25, 0.3) is 0 Å². The van der Waals surface area contributed by atoms with Crippen LogP contribution in [0.4, 0.5) is 17.1 Å². The fraction of sp³-hybridized carbons (Fsp3) is 0. The van der Waals surface area contributed by atoms with Crippen LogP contribution in [-0.2, 0) is 0 Å². The van der Waals surface area contributed by atoms with Crippen molar-refractivity contribution in [1.82, 2.24) is 4.57 Å². The summed E-state index contributed by atoms with van der Waals surface area (Å²) in [5, 5.41) is 4.92. The molecular weight excluding hydrogens is 653 g/mol. The number of nitrogens with zero attached hydrogens (tertiary/aromatic N) is 2. The van der Waals surface area contributed by atoms with Crippen LogP contribution in [0.5, 0.6) is 0 Å². The standard InChI is InChI=1S/C52H36N2/c1-3-17-38(18-4-1)44-24-9-12-28-47(44)53(41-35-33-40(34-36-41)43-27-15-22-37-21-7-8-23-42(37)43)50-31-16-32-51-52(50)46-26-11-14-30-49(46)54(51)48-29-13-10-25-45(48)39-19-5-2-6-20-39/h1-36H. The van der Waals surface area contributed by atoms with Crippen molar-refractivity contribution in [3.63, 3.8) is 0 Å². The molecule has 1 aromatic heterocycles. The predicted octanol–water partition coefficient (Wildman–Crippen LogP) is 14.4. The third-order valence-corrected chi connectivity index (χ3v) is 10.6. The molecule has 254 valence electrons. The first-order valence-electron chi connectivity index (χ1n) is 18.5. The van der Waals surface area contributed by atoms with Crippen LogP contribution < -0.4 is 4.90 Å². The number of hydrogen-bond acceptors (Lipinski definition) is 1. The number of aromatic nitrogens is 1. The van der Waals surface area contributed by atoms with Gasteiger partial charge in [0, 0.05) is 27.6 Å². The topological polar surface area (TPSA) is 8.17 Å². The molecular formula is C52H36N2. The lowest BCUT2D eigenvalue weighted by Gasteiger charge is -2.29. The summed E-state index contributed by atoms with van der Waals surface area (Å²) in [7, 11) is 0. The third kappa shape index (κ3) is 5.36. The van der Waals surface area contributed by atoms with E-state index in [1.54, 1.807) is 0 Å². The molecule has 0 saturated carbocycles. The minimum Gasteiger partial charge on any atom is -0.309 e. The molecule has 0 radical (unpaired) electrons. The van der Waals surface area contributed by atoms with Gasteiger partial charge >= 0.3 is 0 Å². The Balaban J connectivity index is 1.23. The molecule has 54 heavy (non-hydrogen) atoms. The lowest BCUT2D eigenvalue weighted by Crippen LogP contribution is -2.11. The SMILES string of the molecule is c1ccc(-c2ccccc2N(c2ccc(-c3cccc4ccccc34)cc2)c2cccc3c2c2ccccc2n3-c2ccccc2-c2ccccc2)cc1. The Morgan fingerprint density at radius 1 is 0.315 bits per heavy atom. The van der Waals surface area contributed by atoms with Crippen molar-refractivity contribution in [2.24, 2.45) is 0 Å². The van der Waals surface area contributed by atoms with Gasteiger partial charge in [0.15, 0.2) is 0 Å². The molecule has 0 N–H and O–H groups in total. The van der Waals surface area contributed by atoms with Crippen LogP contribution in [0, 0.1) is 0 Å². The Labute approximate surface area is 315 Å². The molecule has 0 unspecified atom stereocenters. The van der Waals surface area contributed by atoms with Gasteiger partial charge < -0.3 is 9.47 Å². The smallest absolute Gasteiger partial charge is 0.0562 e. The highest BCUT2D eigenvalue weighted by Gasteiger charge is 2.23. The zero-order valence-corrected chi connectivity index (χ0v) is 29.7. The molecule has 2 heteroatoms. The second-order valence-electron chi connectivity index (χ2n) is 13.7. The van der Waals surface area contributed by atoms with E-state index in [9.17, 15) is 0 Å². The quantitative estimate of drug-likeness (QED) is 0.162. The molecule has 0 aliphatic rings. The van der Waals surface area contributed by atoms with Gasteiger partial charge in [0.05, 0.1) is 28.1 Å². The predicted molar refractivity (Wildman–Crippen MR) is 229 cm³/mol. The van der Waals surface area contributed by atoms with E-state index in [1.165, 1.54) is 60.4 Å². The van der Waals surface area contributed by atoms with Crippen molar-refractivity contribution in [3.8, 4) is 39.1 Å². The van der Waals surface area contributed by atoms with Crippen LogP contribution in [0.25, 0.3) is 71.6 Å². The summed E-state index contributed by atoms with van der Waals surface area (Å²) in [5.41, 5.74) is 14.0. The largest absolute Gasteiger partial charge is 0.309 e. The van der Waals surface area contributed by atoms with Crippen LogP contribution in [0.2, 0.25) is 0 Å². The maximum Gasteiger partial charge on any atom is 0.0562 e. The van der Waals surface area contributed by atoms with E-state index in [2.05, 4.69) is 228 Å². The Morgan fingerprint density at radius 2 is 0.833 bits per heavy atom. The molecule has 0 spiro atoms. The molecule has 10 rings (SSSR count). The number of hydrogen-bond donors (Lipinski definition) is 0. The molecule has 10 aromatic rings. The number of benzene rings is 9. The number of anilines is 3. The summed E-state index contributed by atoms with van der Waals surface area (Å²) in [5.74, 6) is 0. The first-order valence-corrected chi connectivity index (χ1v) is 18.5. The molecule has 0 fully saturated rings. The van der Waals surface area contributed by atoms with E-state index in [0.29, 0.717) is 0 Å². The van der Waals surface area contributed by atoms with Gasteiger partial charge in [-0.25, -0.2) is 0 Å². The zero-order chi connectivity index (χ0) is 35.8. The summed E-state index contributed by atoms with van der Waals surface area (Å²) in [6, 6.07) is 78.9. The van der Waals surface area contributed by atoms with Crippen LogP contribution in [0.15, 0.2) is 218 Å². The summed E-state index contributed by atoms with van der Waals surface area (Å²) in [4.78, 5) is 2.46. The van der Waals surface area contributed by atoms with Crippen molar-refractivity contribution in [3.05, 3.63) is 218 Å². The monoisotopic (exact) mass is 688 g/mol. The van der Waals surface area contributed by atoms with E-state index < -0.39 is 0 Å². The fourth-order valence-electron chi connectivity index (χ4n) is 8.18. The zero-order valence-electron chi connectivity index (χ0n) is 29.7. The highest BCUT2D eigenvalue weighted by Crippen LogP contribution is 2.47. The van der Waals surface area contributed by atoms with Crippen LogP contribution in [-0.4, -0.2) is 4.57 Å². The lowest BCUT2D eigenvalue weighted by atomic mass is 9.97. The Hall–Kier alpha value is -7.16. The highest BCUT2D eigenvalue weighted by atomic mass is 15.2. The first-order chi connectivity index (χ1) is 26.8. The molecule has 0 aliphatic carbocycles. The third-order valence-electron chi connectivity index (χ3n) is 10.6. The molecule has 0 amide bonds. The first kappa shape index (κ1) is 31.6. The van der Waals surface area contributed by atoms with E-state index in [0.717, 1.165) is 28.3 Å². The molecule has 0 bridgehead atoms. The fourth-order valence-corrected chi connectivity index (χ4v) is 8.18. The van der Waals surface area contributed by atoms with Gasteiger partial charge in [0.1, 0.15) is 0 Å². The number of para-hydroxylation sites is 3. The highest BCUT2D eigenvalue weighted by molar-refractivity contribution is 6.17. The van der Waals surface area contributed by atoms with Crippen LogP contribution in [0.1, 0.15) is 0 Å². The lowest BCUT2D eigenvalue weighted by molar-refractivity contribution is 1.18. The van der Waals surface area contributed by atoms with Crippen molar-refractivity contribution in [2.45, 2.75) is 0 Å². The van der Waals surface area contributed by atoms with Gasteiger partial charge in [-0.2, -0.15) is 0 Å². The van der Waals surface area contributed by atoms with Crippen molar-refractivity contribution < 1.29 is 0 Å².